The van der Waals surface area contributed by atoms with Gasteiger partial charge in [-0.25, -0.2) is 0 Å². The third-order valence-corrected chi connectivity index (χ3v) is 9.30. The number of alkyl halides is 6. The number of rotatable bonds is 4. The van der Waals surface area contributed by atoms with Crippen molar-refractivity contribution in [2.45, 2.75) is 32.6 Å². The maximum absolute atomic E-state index is 13.2. The van der Waals surface area contributed by atoms with Crippen LogP contribution in [0.3, 0.4) is 0 Å². The van der Waals surface area contributed by atoms with E-state index in [4.69, 9.17) is 0 Å². The predicted molar refractivity (Wildman–Crippen MR) is 177 cm³/mol. The van der Waals surface area contributed by atoms with Crippen molar-refractivity contribution in [3.63, 3.8) is 0 Å². The van der Waals surface area contributed by atoms with Crippen LogP contribution in [-0.2, 0) is 6.18 Å². The topological polar surface area (TPSA) is 35.8 Å². The van der Waals surface area contributed by atoms with E-state index in [1.165, 1.54) is 18.2 Å². The average Bonchev–Trinajstić information content (AvgIpc) is 3.56. The zero-order valence-electron chi connectivity index (χ0n) is 25.9. The van der Waals surface area contributed by atoms with Gasteiger partial charge in [0.1, 0.15) is 11.8 Å². The first kappa shape index (κ1) is 31.3. The van der Waals surface area contributed by atoms with E-state index in [9.17, 15) is 31.6 Å². The Morgan fingerprint density at radius 2 is 1.35 bits per heavy atom. The Kier molecular flexibility index (Phi) is 7.47. The monoisotopic (exact) mass is 650 g/mol. The SMILES string of the molecule is C/C=C1\c2cc(C3=CCC(C(F)(F)F)C=C3)ccc2-c2cc3c(cc21)/C(=C(/C#N)NCC)c1cc(-c2ccc(C(F)(F)F)cc2)ccc1-3. The van der Waals surface area contributed by atoms with Crippen LogP contribution >= 0.6 is 0 Å². The molecule has 0 aliphatic heterocycles. The lowest BCUT2D eigenvalue weighted by molar-refractivity contribution is -0.160. The summed E-state index contributed by atoms with van der Waals surface area (Å²) in [6.07, 6.45) is -2.37. The molecule has 0 radical (unpaired) electrons. The van der Waals surface area contributed by atoms with Gasteiger partial charge in [0.05, 0.1) is 11.5 Å². The van der Waals surface area contributed by atoms with Gasteiger partial charge in [0.15, 0.2) is 0 Å². The minimum absolute atomic E-state index is 0.0992. The van der Waals surface area contributed by atoms with E-state index in [0.717, 1.165) is 84.5 Å². The summed E-state index contributed by atoms with van der Waals surface area (Å²) in [4.78, 5) is 0. The van der Waals surface area contributed by atoms with Gasteiger partial charge in [-0.3, -0.25) is 0 Å². The van der Waals surface area contributed by atoms with Crippen LogP contribution in [-0.4, -0.2) is 12.7 Å². The molecule has 0 saturated heterocycles. The fourth-order valence-corrected chi connectivity index (χ4v) is 6.98. The molecule has 0 bridgehead atoms. The molecule has 48 heavy (non-hydrogen) atoms. The molecule has 4 aromatic carbocycles. The molecule has 0 amide bonds. The van der Waals surface area contributed by atoms with Crippen LogP contribution in [0.4, 0.5) is 26.3 Å². The molecule has 8 heteroatoms. The number of hydrogen-bond donors (Lipinski definition) is 1. The van der Waals surface area contributed by atoms with Gasteiger partial charge in [-0.15, -0.1) is 0 Å². The van der Waals surface area contributed by atoms with Crippen molar-refractivity contribution in [1.82, 2.24) is 5.32 Å². The highest BCUT2D eigenvalue weighted by molar-refractivity contribution is 6.10. The fraction of sp³-hybridized carbons (Fsp3) is 0.175. The van der Waals surface area contributed by atoms with Gasteiger partial charge in [0.2, 0.25) is 0 Å². The zero-order chi connectivity index (χ0) is 34.0. The van der Waals surface area contributed by atoms with E-state index < -0.39 is 23.8 Å². The number of allylic oxidation sites excluding steroid dienone is 6. The molecule has 0 heterocycles. The number of hydrogen-bond acceptors (Lipinski definition) is 2. The van der Waals surface area contributed by atoms with Gasteiger partial charge < -0.3 is 5.32 Å². The van der Waals surface area contributed by atoms with Gasteiger partial charge in [-0.05, 0) is 129 Å². The van der Waals surface area contributed by atoms with Crippen molar-refractivity contribution in [2.24, 2.45) is 5.92 Å². The molecule has 1 N–H and O–H groups in total. The van der Waals surface area contributed by atoms with E-state index in [0.29, 0.717) is 17.8 Å². The van der Waals surface area contributed by atoms with E-state index in [-0.39, 0.29) is 6.42 Å². The second-order valence-corrected chi connectivity index (χ2v) is 12.0. The Balaban J connectivity index is 1.34. The van der Waals surface area contributed by atoms with Crippen LogP contribution in [0.5, 0.6) is 0 Å². The van der Waals surface area contributed by atoms with Crippen LogP contribution in [0.1, 0.15) is 53.6 Å². The van der Waals surface area contributed by atoms with Crippen molar-refractivity contribution in [2.75, 3.05) is 6.54 Å². The fourth-order valence-electron chi connectivity index (χ4n) is 6.98. The minimum Gasteiger partial charge on any atom is -0.376 e. The third-order valence-electron chi connectivity index (χ3n) is 9.30. The minimum atomic E-state index is -4.43. The summed E-state index contributed by atoms with van der Waals surface area (Å²) < 4.78 is 79.4. The molecule has 0 aromatic heterocycles. The highest BCUT2D eigenvalue weighted by Crippen LogP contribution is 2.53. The maximum Gasteiger partial charge on any atom is 0.416 e. The molecule has 2 nitrogen and oxygen atoms in total. The summed E-state index contributed by atoms with van der Waals surface area (Å²) in [7, 11) is 0. The number of halogens is 6. The molecular weight excluding hydrogens is 622 g/mol. The van der Waals surface area contributed by atoms with Crippen LogP contribution in [0.15, 0.2) is 103 Å². The Labute approximate surface area is 274 Å². The van der Waals surface area contributed by atoms with Crippen LogP contribution < -0.4 is 5.32 Å². The molecule has 240 valence electrons. The standard InChI is InChI=1S/C40H28F6N2/c1-3-28-31-17-24(22-5-11-26(12-6-22)39(41,42)43)9-15-29(31)33-19-34-30-16-10-25(23-7-13-27(14-8-23)40(44,45)46)18-35(30)38(36(34)20-32(28)33)37(21-47)48-4-2/h3,5-11,13-20,26,48H,4,12H2,1-2H3/b28-3+,38-37-. The molecule has 4 aromatic rings. The van der Waals surface area contributed by atoms with Crippen LogP contribution in [0.25, 0.3) is 50.1 Å². The number of nitrogens with zero attached hydrogens (tertiary/aromatic N) is 1. The molecule has 0 saturated carbocycles. The Hall–Kier alpha value is -5.29. The summed E-state index contributed by atoms with van der Waals surface area (Å²) in [5.74, 6) is -1.48. The second kappa shape index (κ2) is 11.4. The Morgan fingerprint density at radius 3 is 1.96 bits per heavy atom. The lowest BCUT2D eigenvalue weighted by Crippen LogP contribution is -2.21. The van der Waals surface area contributed by atoms with Gasteiger partial charge >= 0.3 is 12.4 Å². The average molecular weight is 651 g/mol. The van der Waals surface area contributed by atoms with E-state index in [2.05, 4.69) is 23.5 Å². The molecule has 0 fully saturated rings. The largest absolute Gasteiger partial charge is 0.416 e. The van der Waals surface area contributed by atoms with Crippen molar-refractivity contribution >= 4 is 16.7 Å². The Bertz CT molecular complexity index is 2150. The lowest BCUT2D eigenvalue weighted by atomic mass is 9.90. The van der Waals surface area contributed by atoms with Crippen molar-refractivity contribution in [3.8, 4) is 39.4 Å². The van der Waals surface area contributed by atoms with Crippen LogP contribution in [0.2, 0.25) is 0 Å². The summed E-state index contributed by atoms with van der Waals surface area (Å²) in [5.41, 5.74) is 11.8. The van der Waals surface area contributed by atoms with E-state index in [1.807, 2.05) is 56.3 Å². The van der Waals surface area contributed by atoms with Crippen molar-refractivity contribution in [3.05, 3.63) is 136 Å². The first-order valence-corrected chi connectivity index (χ1v) is 15.6. The molecule has 7 rings (SSSR count). The number of benzene rings is 4. The molecule has 3 aliphatic rings. The van der Waals surface area contributed by atoms with Gasteiger partial charge in [0.25, 0.3) is 0 Å². The quantitative estimate of drug-likeness (QED) is 0.152. The third kappa shape index (κ3) is 5.14. The summed E-state index contributed by atoms with van der Waals surface area (Å²) in [5, 5.41) is 13.5. The number of fused-ring (bicyclic) bond motifs is 6. The molecular formula is C40H28F6N2. The first-order valence-electron chi connectivity index (χ1n) is 15.6. The summed E-state index contributed by atoms with van der Waals surface area (Å²) in [6, 6.07) is 23.3. The summed E-state index contributed by atoms with van der Waals surface area (Å²) >= 11 is 0. The van der Waals surface area contributed by atoms with E-state index in [1.54, 1.807) is 12.2 Å². The normalized spacial score (nSPS) is 18.1. The smallest absolute Gasteiger partial charge is 0.376 e. The summed E-state index contributed by atoms with van der Waals surface area (Å²) in [6.45, 7) is 4.37. The van der Waals surface area contributed by atoms with E-state index >= 15 is 0 Å². The molecule has 1 unspecified atom stereocenters. The van der Waals surface area contributed by atoms with Gasteiger partial charge in [-0.2, -0.15) is 31.6 Å². The second-order valence-electron chi connectivity index (χ2n) is 12.0. The lowest BCUT2D eigenvalue weighted by Gasteiger charge is -2.19. The molecule has 3 aliphatic carbocycles. The highest BCUT2D eigenvalue weighted by Gasteiger charge is 2.38. The van der Waals surface area contributed by atoms with Crippen molar-refractivity contribution < 1.29 is 26.3 Å². The predicted octanol–water partition coefficient (Wildman–Crippen LogP) is 11.2. The number of nitrogens with one attached hydrogen (secondary N) is 1. The molecule has 0 spiro atoms. The Morgan fingerprint density at radius 1 is 0.771 bits per heavy atom. The maximum atomic E-state index is 13.2. The zero-order valence-corrected chi connectivity index (χ0v) is 25.9. The molecule has 1 atom stereocenters. The number of nitriles is 1. The van der Waals surface area contributed by atoms with Gasteiger partial charge in [-0.1, -0.05) is 60.7 Å². The van der Waals surface area contributed by atoms with Crippen LogP contribution in [0, 0.1) is 17.2 Å². The highest BCUT2D eigenvalue weighted by atomic mass is 19.4. The van der Waals surface area contributed by atoms with Gasteiger partial charge in [0, 0.05) is 12.1 Å². The first-order chi connectivity index (χ1) is 22.9. The van der Waals surface area contributed by atoms with Crippen molar-refractivity contribution in [1.29, 1.82) is 5.26 Å².